The first-order valence-electron chi connectivity index (χ1n) is 8.41. The maximum atomic E-state index is 12.3. The topological polar surface area (TPSA) is 64.7 Å². The summed E-state index contributed by atoms with van der Waals surface area (Å²) in [6.07, 6.45) is 1.86. The Kier molecular flexibility index (Phi) is 6.55. The highest BCUT2D eigenvalue weighted by Gasteiger charge is 2.14. The Morgan fingerprint density at radius 1 is 1.07 bits per heavy atom. The van der Waals surface area contributed by atoms with Gasteiger partial charge in [0.25, 0.3) is 0 Å². The predicted octanol–water partition coefficient (Wildman–Crippen LogP) is 5.39. The molecule has 0 radical (unpaired) electrons. The van der Waals surface area contributed by atoms with Crippen molar-refractivity contribution in [3.05, 3.63) is 61.4 Å². The van der Waals surface area contributed by atoms with Gasteiger partial charge >= 0.3 is 0 Å². The average Bonchev–Trinajstić information content (AvgIpc) is 3.10. The van der Waals surface area contributed by atoms with E-state index >= 15 is 0 Å². The van der Waals surface area contributed by atoms with Crippen LogP contribution in [0, 0.1) is 13.8 Å². The first-order valence-corrected chi connectivity index (χ1v) is 9.92. The van der Waals surface area contributed by atoms with Gasteiger partial charge in [0.1, 0.15) is 5.02 Å². The summed E-state index contributed by atoms with van der Waals surface area (Å²) in [7, 11) is 0. The summed E-state index contributed by atoms with van der Waals surface area (Å²) in [5, 5.41) is 13.3. The lowest BCUT2D eigenvalue weighted by Crippen LogP contribution is -2.16. The number of carbonyl (C=O) groups excluding carboxylic acids is 1. The number of hydrogen-bond acceptors (Lipinski definition) is 3. The first kappa shape index (κ1) is 21.0. The fourth-order valence-electron chi connectivity index (χ4n) is 2.68. The highest BCUT2D eigenvalue weighted by atomic mass is 35.5. The number of halogens is 4. The fourth-order valence-corrected chi connectivity index (χ4v) is 3.34. The third-order valence-electron chi connectivity index (χ3n) is 4.15. The van der Waals surface area contributed by atoms with E-state index in [0.29, 0.717) is 39.0 Å². The second kappa shape index (κ2) is 8.74. The number of amides is 1. The molecule has 6 nitrogen and oxygen atoms in total. The van der Waals surface area contributed by atoms with Crippen LogP contribution in [0.2, 0.25) is 20.1 Å². The summed E-state index contributed by atoms with van der Waals surface area (Å²) in [5.41, 5.74) is 2.48. The van der Waals surface area contributed by atoms with Gasteiger partial charge in [-0.2, -0.15) is 10.2 Å². The van der Waals surface area contributed by atoms with Gasteiger partial charge in [-0.1, -0.05) is 52.5 Å². The monoisotopic (exact) mass is 459 g/mol. The molecule has 0 aliphatic carbocycles. The lowest BCUT2D eigenvalue weighted by molar-refractivity contribution is -0.116. The molecule has 10 heteroatoms. The van der Waals surface area contributed by atoms with Crippen molar-refractivity contribution in [1.82, 2.24) is 19.6 Å². The van der Waals surface area contributed by atoms with Gasteiger partial charge in [-0.3, -0.25) is 14.2 Å². The molecule has 0 saturated heterocycles. The van der Waals surface area contributed by atoms with Crippen LogP contribution in [0.5, 0.6) is 0 Å². The van der Waals surface area contributed by atoms with Crippen molar-refractivity contribution in [2.75, 3.05) is 5.32 Å². The van der Waals surface area contributed by atoms with E-state index in [2.05, 4.69) is 15.5 Å². The van der Waals surface area contributed by atoms with Crippen molar-refractivity contribution >= 4 is 58.1 Å². The van der Waals surface area contributed by atoms with Crippen LogP contribution < -0.4 is 5.32 Å². The molecule has 28 heavy (non-hydrogen) atoms. The van der Waals surface area contributed by atoms with E-state index in [9.17, 15) is 4.79 Å². The molecule has 0 unspecified atom stereocenters. The maximum Gasteiger partial charge on any atom is 0.227 e. The first-order chi connectivity index (χ1) is 13.2. The van der Waals surface area contributed by atoms with Gasteiger partial charge < -0.3 is 5.32 Å². The number of benzene rings is 1. The van der Waals surface area contributed by atoms with E-state index < -0.39 is 0 Å². The lowest BCUT2D eigenvalue weighted by Gasteiger charge is -2.06. The van der Waals surface area contributed by atoms with Crippen molar-refractivity contribution in [2.45, 2.75) is 33.4 Å². The summed E-state index contributed by atoms with van der Waals surface area (Å²) in [4.78, 5) is 12.3. The molecule has 0 aliphatic rings. The molecule has 2 heterocycles. The molecule has 3 aromatic rings. The number of aromatic nitrogens is 4. The van der Waals surface area contributed by atoms with Crippen molar-refractivity contribution in [2.24, 2.45) is 0 Å². The van der Waals surface area contributed by atoms with Gasteiger partial charge in [0.15, 0.2) is 5.82 Å². The van der Waals surface area contributed by atoms with Crippen LogP contribution in [-0.4, -0.2) is 25.5 Å². The zero-order valence-corrected chi connectivity index (χ0v) is 18.2. The van der Waals surface area contributed by atoms with Crippen molar-refractivity contribution in [3.63, 3.8) is 0 Å². The van der Waals surface area contributed by atoms with Crippen LogP contribution in [0.3, 0.4) is 0 Å². The highest BCUT2D eigenvalue weighted by Crippen LogP contribution is 2.25. The third-order valence-corrected chi connectivity index (χ3v) is 5.71. The molecule has 0 fully saturated rings. The van der Waals surface area contributed by atoms with Gasteiger partial charge in [-0.25, -0.2) is 0 Å². The van der Waals surface area contributed by atoms with E-state index in [4.69, 9.17) is 46.4 Å². The molecule has 3 rings (SSSR count). The van der Waals surface area contributed by atoms with E-state index in [0.717, 1.165) is 17.0 Å². The molecule has 2 aromatic heterocycles. The summed E-state index contributed by atoms with van der Waals surface area (Å²) < 4.78 is 3.33. The molecule has 0 atom stereocenters. The highest BCUT2D eigenvalue weighted by molar-refractivity contribution is 6.42. The Balaban J connectivity index is 1.61. The number of anilines is 1. The minimum absolute atomic E-state index is 0.217. The van der Waals surface area contributed by atoms with E-state index in [1.165, 1.54) is 0 Å². The van der Waals surface area contributed by atoms with Crippen LogP contribution >= 0.6 is 46.4 Å². The Labute approximate surface area is 182 Å². The van der Waals surface area contributed by atoms with Crippen LogP contribution in [0.15, 0.2) is 24.4 Å². The van der Waals surface area contributed by atoms with Crippen molar-refractivity contribution in [1.29, 1.82) is 0 Å². The normalized spacial score (nSPS) is 11.1. The molecule has 0 saturated carbocycles. The number of hydrogen-bond donors (Lipinski definition) is 1. The maximum absolute atomic E-state index is 12.3. The predicted molar refractivity (Wildman–Crippen MR) is 113 cm³/mol. The Bertz CT molecular complexity index is 1030. The number of nitrogens with one attached hydrogen (secondary N) is 1. The summed E-state index contributed by atoms with van der Waals surface area (Å²) in [6, 6.07) is 5.33. The van der Waals surface area contributed by atoms with Crippen molar-refractivity contribution < 1.29 is 4.79 Å². The quantitative estimate of drug-likeness (QED) is 0.536. The summed E-state index contributed by atoms with van der Waals surface area (Å²) >= 11 is 24.3. The number of nitrogens with zero attached hydrogens (tertiary/aromatic N) is 4. The second-order valence-electron chi connectivity index (χ2n) is 6.28. The van der Waals surface area contributed by atoms with Crippen LogP contribution in [0.4, 0.5) is 5.82 Å². The smallest absolute Gasteiger partial charge is 0.227 e. The Hall–Kier alpha value is -1.73. The molecule has 1 amide bonds. The molecular formula is C18H17Cl4N5O. The third kappa shape index (κ3) is 4.81. The Morgan fingerprint density at radius 3 is 2.46 bits per heavy atom. The minimum atomic E-state index is -0.217. The van der Waals surface area contributed by atoms with Crippen LogP contribution in [-0.2, 0) is 17.9 Å². The Morgan fingerprint density at radius 2 is 1.82 bits per heavy atom. The molecule has 1 N–H and O–H groups in total. The van der Waals surface area contributed by atoms with E-state index in [-0.39, 0.29) is 12.3 Å². The van der Waals surface area contributed by atoms with Gasteiger partial charge in [0, 0.05) is 12.6 Å². The zero-order chi connectivity index (χ0) is 20.4. The largest absolute Gasteiger partial charge is 0.308 e. The van der Waals surface area contributed by atoms with Gasteiger partial charge in [-0.05, 0) is 31.5 Å². The van der Waals surface area contributed by atoms with Gasteiger partial charge in [0.05, 0.1) is 39.5 Å². The molecule has 0 aliphatic heterocycles. The van der Waals surface area contributed by atoms with E-state index in [1.807, 2.05) is 19.9 Å². The SMILES string of the molecule is Cc1nn(CCC(=O)Nc2nn(Cc3ccc(Cl)c(Cl)c3)cc2Cl)c(C)c1Cl. The molecule has 0 bridgehead atoms. The molecule has 148 valence electrons. The zero-order valence-electron chi connectivity index (χ0n) is 15.1. The fraction of sp³-hybridized carbons (Fsp3) is 0.278. The number of rotatable bonds is 6. The number of aryl methyl sites for hydroxylation is 2. The van der Waals surface area contributed by atoms with Crippen LogP contribution in [0.1, 0.15) is 23.4 Å². The standard InChI is InChI=1S/C18H17Cl4N5O/c1-10-17(22)11(2)27(24-10)6-5-16(28)23-18-15(21)9-26(25-18)8-12-3-4-13(19)14(20)7-12/h3-4,7,9H,5-6,8H2,1-2H3,(H,23,25,28). The second-order valence-corrected chi connectivity index (χ2v) is 7.88. The molecule has 0 spiro atoms. The van der Waals surface area contributed by atoms with Crippen LogP contribution in [0.25, 0.3) is 0 Å². The van der Waals surface area contributed by atoms with Crippen molar-refractivity contribution in [3.8, 4) is 0 Å². The summed E-state index contributed by atoms with van der Waals surface area (Å²) in [6.45, 7) is 4.54. The van der Waals surface area contributed by atoms with Gasteiger partial charge in [-0.15, -0.1) is 0 Å². The molecule has 1 aromatic carbocycles. The van der Waals surface area contributed by atoms with Gasteiger partial charge in [0.2, 0.25) is 5.91 Å². The van der Waals surface area contributed by atoms with E-state index in [1.54, 1.807) is 27.7 Å². The number of carbonyl (C=O) groups is 1. The minimum Gasteiger partial charge on any atom is -0.308 e. The lowest BCUT2D eigenvalue weighted by atomic mass is 10.2. The summed E-state index contributed by atoms with van der Waals surface area (Å²) in [5.74, 6) is 0.0866. The average molecular weight is 461 g/mol. The molecular weight excluding hydrogens is 444 g/mol.